The number of carbonyl (C=O) groups is 2. The molecule has 2 aliphatic rings. The van der Waals surface area contributed by atoms with Crippen LogP contribution in [0.4, 0.5) is 11.4 Å². The molecular formula is C12H4N4O2. The number of azo groups is 2. The van der Waals surface area contributed by atoms with E-state index < -0.39 is 11.8 Å². The number of benzene rings is 2. The minimum Gasteiger partial charge on any atom is -0.265 e. The first-order valence-electron chi connectivity index (χ1n) is 5.27. The molecule has 6 heteroatoms. The third-order valence-electron chi connectivity index (χ3n) is 3.07. The van der Waals surface area contributed by atoms with E-state index in [4.69, 9.17) is 0 Å². The molecule has 0 saturated carbocycles. The second kappa shape index (κ2) is 2.92. The van der Waals surface area contributed by atoms with Crippen LogP contribution in [0.3, 0.4) is 0 Å². The molecule has 0 atom stereocenters. The third-order valence-corrected chi connectivity index (χ3v) is 3.07. The van der Waals surface area contributed by atoms with Gasteiger partial charge in [0.2, 0.25) is 0 Å². The maximum atomic E-state index is 11.7. The standard InChI is InChI=1S/C12H4N4O2/c17-11-5-1-2-6-10-8(14-16-12(6)18)4-3-7(9(5)10)13-15-11/h1-4H. The Hall–Kier alpha value is -2.76. The highest BCUT2D eigenvalue weighted by molar-refractivity contribution is 6.22. The Morgan fingerprint density at radius 1 is 0.611 bits per heavy atom. The Labute approximate surface area is 100 Å². The molecule has 0 aromatic heterocycles. The monoisotopic (exact) mass is 236 g/mol. The molecule has 4 rings (SSSR count). The van der Waals surface area contributed by atoms with Crippen LogP contribution >= 0.6 is 0 Å². The molecule has 2 amide bonds. The minimum atomic E-state index is -0.402. The lowest BCUT2D eigenvalue weighted by Crippen LogP contribution is -2.05. The SMILES string of the molecule is O=C1N=Nc2ccc3c4c(ccc1c24)C(=O)N=N3. The fourth-order valence-electron chi connectivity index (χ4n) is 2.29. The van der Waals surface area contributed by atoms with E-state index in [2.05, 4.69) is 20.5 Å². The first-order chi connectivity index (χ1) is 8.75. The Morgan fingerprint density at radius 3 is 1.50 bits per heavy atom. The highest BCUT2D eigenvalue weighted by Gasteiger charge is 2.25. The van der Waals surface area contributed by atoms with Gasteiger partial charge in [-0.1, -0.05) is 0 Å². The van der Waals surface area contributed by atoms with Crippen LogP contribution in [-0.2, 0) is 0 Å². The molecule has 0 spiro atoms. The molecular weight excluding hydrogens is 232 g/mol. The van der Waals surface area contributed by atoms with Gasteiger partial charge in [0.25, 0.3) is 11.8 Å². The van der Waals surface area contributed by atoms with Gasteiger partial charge in [0.1, 0.15) is 0 Å². The summed E-state index contributed by atoms with van der Waals surface area (Å²) < 4.78 is 0. The van der Waals surface area contributed by atoms with Crippen molar-refractivity contribution in [3.05, 3.63) is 35.4 Å². The normalized spacial score (nSPS) is 15.6. The first-order valence-corrected chi connectivity index (χ1v) is 5.27. The summed E-state index contributed by atoms with van der Waals surface area (Å²) in [5, 5.41) is 16.1. The zero-order valence-corrected chi connectivity index (χ0v) is 8.91. The quantitative estimate of drug-likeness (QED) is 0.702. The van der Waals surface area contributed by atoms with Crippen LogP contribution in [0, 0.1) is 0 Å². The van der Waals surface area contributed by atoms with E-state index >= 15 is 0 Å². The van der Waals surface area contributed by atoms with Crippen LogP contribution in [0.2, 0.25) is 0 Å². The third kappa shape index (κ3) is 0.969. The van der Waals surface area contributed by atoms with Crippen molar-refractivity contribution < 1.29 is 9.59 Å². The van der Waals surface area contributed by atoms with Crippen molar-refractivity contribution in [3.8, 4) is 0 Å². The second-order valence-corrected chi connectivity index (χ2v) is 4.02. The van der Waals surface area contributed by atoms with Crippen molar-refractivity contribution in [1.29, 1.82) is 0 Å². The zero-order chi connectivity index (χ0) is 12.3. The molecule has 18 heavy (non-hydrogen) atoms. The number of hydrogen-bond donors (Lipinski definition) is 0. The van der Waals surface area contributed by atoms with Crippen molar-refractivity contribution in [2.75, 3.05) is 0 Å². The lowest BCUT2D eigenvalue weighted by Gasteiger charge is -2.15. The van der Waals surface area contributed by atoms with Crippen LogP contribution in [0.25, 0.3) is 10.8 Å². The van der Waals surface area contributed by atoms with E-state index in [1.165, 1.54) is 0 Å². The summed E-state index contributed by atoms with van der Waals surface area (Å²) in [5.41, 5.74) is 2.06. The predicted octanol–water partition coefficient (Wildman–Crippen LogP) is 3.31. The van der Waals surface area contributed by atoms with Gasteiger partial charge in [0, 0.05) is 10.8 Å². The zero-order valence-electron chi connectivity index (χ0n) is 8.91. The number of amides is 2. The Kier molecular flexibility index (Phi) is 1.51. The number of rotatable bonds is 0. The van der Waals surface area contributed by atoms with Crippen molar-refractivity contribution >= 4 is 34.0 Å². The van der Waals surface area contributed by atoms with Crippen LogP contribution in [-0.4, -0.2) is 11.8 Å². The molecule has 2 aliphatic heterocycles. The molecule has 0 N–H and O–H groups in total. The van der Waals surface area contributed by atoms with Gasteiger partial charge in [-0.05, 0) is 24.3 Å². The lowest BCUT2D eigenvalue weighted by molar-refractivity contribution is 0.0984. The van der Waals surface area contributed by atoms with Crippen LogP contribution < -0.4 is 0 Å². The molecule has 84 valence electrons. The highest BCUT2D eigenvalue weighted by Crippen LogP contribution is 2.42. The molecule has 0 radical (unpaired) electrons. The molecule has 0 bridgehead atoms. The van der Waals surface area contributed by atoms with E-state index in [9.17, 15) is 9.59 Å². The molecule has 2 aromatic carbocycles. The summed E-state index contributed by atoms with van der Waals surface area (Å²) in [6, 6.07) is 6.61. The number of carbonyl (C=O) groups excluding carboxylic acids is 2. The van der Waals surface area contributed by atoms with Gasteiger partial charge >= 0.3 is 0 Å². The topological polar surface area (TPSA) is 83.6 Å². The minimum absolute atomic E-state index is 0.402. The fraction of sp³-hybridized carbons (Fsp3) is 0. The van der Waals surface area contributed by atoms with Crippen LogP contribution in [0.1, 0.15) is 20.7 Å². The fourth-order valence-corrected chi connectivity index (χ4v) is 2.29. The summed E-state index contributed by atoms with van der Waals surface area (Å²) in [4.78, 5) is 23.4. The average molecular weight is 236 g/mol. The van der Waals surface area contributed by atoms with E-state index in [1.54, 1.807) is 24.3 Å². The molecule has 6 nitrogen and oxygen atoms in total. The van der Waals surface area contributed by atoms with Gasteiger partial charge in [0.15, 0.2) is 0 Å². The smallest absolute Gasteiger partial charge is 0.265 e. The summed E-state index contributed by atoms with van der Waals surface area (Å²) in [5.74, 6) is -0.803. The summed E-state index contributed by atoms with van der Waals surface area (Å²) in [6.45, 7) is 0. The van der Waals surface area contributed by atoms with Crippen molar-refractivity contribution in [2.45, 2.75) is 0 Å². The predicted molar refractivity (Wildman–Crippen MR) is 61.6 cm³/mol. The number of hydrogen-bond acceptors (Lipinski definition) is 4. The summed E-state index contributed by atoms with van der Waals surface area (Å²) >= 11 is 0. The van der Waals surface area contributed by atoms with E-state index in [-0.39, 0.29) is 0 Å². The molecule has 0 aliphatic carbocycles. The Balaban J connectivity index is 2.31. The Morgan fingerprint density at radius 2 is 1.06 bits per heavy atom. The van der Waals surface area contributed by atoms with E-state index in [0.717, 1.165) is 0 Å². The molecule has 2 aromatic rings. The maximum Gasteiger partial charge on any atom is 0.296 e. The van der Waals surface area contributed by atoms with Crippen LogP contribution in [0.15, 0.2) is 44.7 Å². The van der Waals surface area contributed by atoms with E-state index in [1.807, 2.05) is 0 Å². The average Bonchev–Trinajstić information content (AvgIpc) is 2.40. The summed E-state index contributed by atoms with van der Waals surface area (Å²) in [7, 11) is 0. The van der Waals surface area contributed by atoms with E-state index in [0.29, 0.717) is 33.3 Å². The lowest BCUT2D eigenvalue weighted by atomic mass is 9.95. The second-order valence-electron chi connectivity index (χ2n) is 4.02. The largest absolute Gasteiger partial charge is 0.296 e. The highest BCUT2D eigenvalue weighted by atomic mass is 16.2. The van der Waals surface area contributed by atoms with Gasteiger partial charge in [-0.15, -0.1) is 20.5 Å². The first kappa shape index (κ1) is 9.29. The van der Waals surface area contributed by atoms with Gasteiger partial charge in [-0.3, -0.25) is 9.59 Å². The molecule has 0 unspecified atom stereocenters. The Bertz CT molecular complexity index is 752. The van der Waals surface area contributed by atoms with Gasteiger partial charge in [-0.25, -0.2) is 0 Å². The van der Waals surface area contributed by atoms with Gasteiger partial charge in [-0.2, -0.15) is 0 Å². The maximum absolute atomic E-state index is 11.7. The molecule has 0 fully saturated rings. The van der Waals surface area contributed by atoms with Gasteiger partial charge in [0.05, 0.1) is 22.5 Å². The summed E-state index contributed by atoms with van der Waals surface area (Å²) in [6.07, 6.45) is 0. The van der Waals surface area contributed by atoms with Crippen molar-refractivity contribution in [2.24, 2.45) is 20.5 Å². The molecule has 2 heterocycles. The van der Waals surface area contributed by atoms with Crippen molar-refractivity contribution in [1.82, 2.24) is 0 Å². The van der Waals surface area contributed by atoms with Crippen LogP contribution in [0.5, 0.6) is 0 Å². The number of nitrogens with zero attached hydrogens (tertiary/aromatic N) is 4. The van der Waals surface area contributed by atoms with Gasteiger partial charge < -0.3 is 0 Å². The molecule has 0 saturated heterocycles. The van der Waals surface area contributed by atoms with Crippen molar-refractivity contribution in [3.63, 3.8) is 0 Å².